The first kappa shape index (κ1) is 19.6. The minimum atomic E-state index is -0.443. The van der Waals surface area contributed by atoms with Crippen molar-refractivity contribution in [3.05, 3.63) is 71.8 Å². The Balaban J connectivity index is 1.38. The first-order valence-electron chi connectivity index (χ1n) is 8.84. The molecule has 0 heterocycles. The third kappa shape index (κ3) is 9.37. The zero-order chi connectivity index (χ0) is 17.6. The fourth-order valence-corrected chi connectivity index (χ4v) is 2.38. The molecule has 0 saturated heterocycles. The van der Waals surface area contributed by atoms with Crippen molar-refractivity contribution in [2.24, 2.45) is 0 Å². The third-order valence-corrected chi connectivity index (χ3v) is 3.73. The number of aliphatic hydroxyl groups is 1. The second-order valence-electron chi connectivity index (χ2n) is 5.95. The number of ether oxygens (including phenoxy) is 3. The van der Waals surface area contributed by atoms with Gasteiger partial charge in [0.15, 0.2) is 0 Å². The smallest absolute Gasteiger partial charge is 0.0774 e. The van der Waals surface area contributed by atoms with E-state index in [9.17, 15) is 5.11 Å². The lowest BCUT2D eigenvalue weighted by Crippen LogP contribution is -2.16. The fourth-order valence-electron chi connectivity index (χ4n) is 2.38. The van der Waals surface area contributed by atoms with Gasteiger partial charge in [0.25, 0.3) is 0 Å². The molecule has 1 unspecified atom stereocenters. The van der Waals surface area contributed by atoms with Crippen LogP contribution < -0.4 is 0 Å². The normalized spacial score (nSPS) is 12.2. The highest BCUT2D eigenvalue weighted by Crippen LogP contribution is 2.04. The molecule has 0 aromatic heterocycles. The highest BCUT2D eigenvalue weighted by molar-refractivity contribution is 5.14. The van der Waals surface area contributed by atoms with E-state index < -0.39 is 6.10 Å². The lowest BCUT2D eigenvalue weighted by molar-refractivity contribution is 0.0121. The van der Waals surface area contributed by atoms with Crippen LogP contribution in [0.1, 0.15) is 24.0 Å². The van der Waals surface area contributed by atoms with Gasteiger partial charge in [0.1, 0.15) is 0 Å². The molecule has 1 N–H and O–H groups in total. The first-order chi connectivity index (χ1) is 12.3. The monoisotopic (exact) mass is 344 g/mol. The van der Waals surface area contributed by atoms with Crippen molar-refractivity contribution in [2.75, 3.05) is 26.4 Å². The van der Waals surface area contributed by atoms with Gasteiger partial charge >= 0.3 is 0 Å². The summed E-state index contributed by atoms with van der Waals surface area (Å²) in [6.07, 6.45) is 1.05. The van der Waals surface area contributed by atoms with Crippen molar-refractivity contribution in [3.63, 3.8) is 0 Å². The summed E-state index contributed by atoms with van der Waals surface area (Å²) in [4.78, 5) is 0. The predicted molar refractivity (Wildman–Crippen MR) is 98.3 cm³/mol. The molecule has 0 aliphatic carbocycles. The van der Waals surface area contributed by atoms with E-state index in [1.165, 1.54) is 5.56 Å². The number of hydrogen-bond acceptors (Lipinski definition) is 4. The molecule has 4 nitrogen and oxygen atoms in total. The van der Waals surface area contributed by atoms with E-state index >= 15 is 0 Å². The molecular weight excluding hydrogens is 316 g/mol. The average molecular weight is 344 g/mol. The van der Waals surface area contributed by atoms with Crippen LogP contribution in [-0.2, 0) is 27.4 Å². The van der Waals surface area contributed by atoms with E-state index in [4.69, 9.17) is 14.2 Å². The number of aliphatic hydroxyl groups excluding tert-OH is 1. The van der Waals surface area contributed by atoms with Gasteiger partial charge in [-0.1, -0.05) is 60.7 Å². The van der Waals surface area contributed by atoms with Crippen LogP contribution >= 0.6 is 0 Å². The van der Waals surface area contributed by atoms with Gasteiger partial charge in [-0.2, -0.15) is 0 Å². The third-order valence-electron chi connectivity index (χ3n) is 3.73. The topological polar surface area (TPSA) is 47.9 Å². The van der Waals surface area contributed by atoms with Crippen molar-refractivity contribution in [1.29, 1.82) is 0 Å². The van der Waals surface area contributed by atoms with Crippen LogP contribution in [0.3, 0.4) is 0 Å². The van der Waals surface area contributed by atoms with Crippen molar-refractivity contribution in [2.45, 2.75) is 32.2 Å². The van der Waals surface area contributed by atoms with Crippen LogP contribution in [0.4, 0.5) is 0 Å². The number of hydrogen-bond donors (Lipinski definition) is 1. The molecule has 0 aliphatic heterocycles. The van der Waals surface area contributed by atoms with Gasteiger partial charge < -0.3 is 19.3 Å². The van der Waals surface area contributed by atoms with Gasteiger partial charge in [0.05, 0.1) is 39.1 Å². The van der Waals surface area contributed by atoms with E-state index in [1.807, 2.05) is 60.7 Å². The summed E-state index contributed by atoms with van der Waals surface area (Å²) in [6.45, 7) is 3.29. The van der Waals surface area contributed by atoms with Crippen molar-refractivity contribution in [1.82, 2.24) is 0 Å². The molecular formula is C21H28O4. The molecule has 2 aromatic rings. The Morgan fingerprint density at radius 1 is 0.680 bits per heavy atom. The van der Waals surface area contributed by atoms with Gasteiger partial charge in [-0.15, -0.1) is 0 Å². The average Bonchev–Trinajstić information content (AvgIpc) is 2.65. The van der Waals surface area contributed by atoms with E-state index in [2.05, 4.69) is 0 Å². The molecule has 0 radical (unpaired) electrons. The molecule has 0 amide bonds. The largest absolute Gasteiger partial charge is 0.391 e. The molecule has 2 rings (SSSR count). The minimum absolute atomic E-state index is 0.356. The summed E-state index contributed by atoms with van der Waals surface area (Å²) >= 11 is 0. The SMILES string of the molecule is OC(CCCOCCOCc1ccccc1)COCc1ccccc1. The van der Waals surface area contributed by atoms with E-state index in [1.54, 1.807) is 0 Å². The molecule has 0 aliphatic rings. The van der Waals surface area contributed by atoms with Crippen LogP contribution in [0.15, 0.2) is 60.7 Å². The standard InChI is InChI=1S/C21H28O4/c22-21(18-25-17-20-10-5-2-6-11-20)12-7-13-23-14-15-24-16-19-8-3-1-4-9-19/h1-6,8-11,21-22H,7,12-18H2. The number of rotatable bonds is 13. The van der Waals surface area contributed by atoms with E-state index in [-0.39, 0.29) is 0 Å². The van der Waals surface area contributed by atoms with Crippen LogP contribution in [0, 0.1) is 0 Å². The number of benzene rings is 2. The first-order valence-corrected chi connectivity index (χ1v) is 8.84. The fraction of sp³-hybridized carbons (Fsp3) is 0.429. The Kier molecular flexibility index (Phi) is 9.89. The Bertz CT molecular complexity index is 544. The molecule has 136 valence electrons. The molecule has 2 aromatic carbocycles. The lowest BCUT2D eigenvalue weighted by atomic mass is 10.2. The predicted octanol–water partition coefficient (Wildman–Crippen LogP) is 3.58. The van der Waals surface area contributed by atoms with Crippen LogP contribution in [0.2, 0.25) is 0 Å². The Labute approximate surface area is 150 Å². The Morgan fingerprint density at radius 3 is 1.88 bits per heavy atom. The maximum Gasteiger partial charge on any atom is 0.0774 e. The van der Waals surface area contributed by atoms with Crippen molar-refractivity contribution in [3.8, 4) is 0 Å². The zero-order valence-corrected chi connectivity index (χ0v) is 14.7. The van der Waals surface area contributed by atoms with Crippen LogP contribution in [0.25, 0.3) is 0 Å². The Hall–Kier alpha value is -1.72. The van der Waals surface area contributed by atoms with Gasteiger partial charge in [0, 0.05) is 6.61 Å². The lowest BCUT2D eigenvalue weighted by Gasteiger charge is -2.11. The summed E-state index contributed by atoms with van der Waals surface area (Å²) < 4.78 is 16.6. The van der Waals surface area contributed by atoms with Crippen LogP contribution in [-0.4, -0.2) is 37.6 Å². The zero-order valence-electron chi connectivity index (χ0n) is 14.7. The van der Waals surface area contributed by atoms with Crippen molar-refractivity contribution < 1.29 is 19.3 Å². The highest BCUT2D eigenvalue weighted by Gasteiger charge is 2.04. The summed E-state index contributed by atoms with van der Waals surface area (Å²) in [7, 11) is 0. The van der Waals surface area contributed by atoms with Gasteiger partial charge in [-0.25, -0.2) is 0 Å². The van der Waals surface area contributed by atoms with E-state index in [0.29, 0.717) is 46.1 Å². The maximum absolute atomic E-state index is 9.89. The molecule has 0 bridgehead atoms. The molecule has 1 atom stereocenters. The van der Waals surface area contributed by atoms with Gasteiger partial charge in [0.2, 0.25) is 0 Å². The molecule has 0 saturated carbocycles. The van der Waals surface area contributed by atoms with Gasteiger partial charge in [-0.3, -0.25) is 0 Å². The van der Waals surface area contributed by atoms with Crippen molar-refractivity contribution >= 4 is 0 Å². The van der Waals surface area contributed by atoms with Gasteiger partial charge in [-0.05, 0) is 24.0 Å². The van der Waals surface area contributed by atoms with E-state index in [0.717, 1.165) is 12.0 Å². The molecule has 0 fully saturated rings. The maximum atomic E-state index is 9.89. The second kappa shape index (κ2) is 12.6. The molecule has 4 heteroatoms. The summed E-state index contributed by atoms with van der Waals surface area (Å²) in [5, 5.41) is 9.89. The summed E-state index contributed by atoms with van der Waals surface area (Å²) in [5.41, 5.74) is 2.29. The summed E-state index contributed by atoms with van der Waals surface area (Å²) in [5.74, 6) is 0. The summed E-state index contributed by atoms with van der Waals surface area (Å²) in [6, 6.07) is 20.1. The highest BCUT2D eigenvalue weighted by atomic mass is 16.5. The Morgan fingerprint density at radius 2 is 1.24 bits per heavy atom. The second-order valence-corrected chi connectivity index (χ2v) is 5.95. The molecule has 25 heavy (non-hydrogen) atoms. The quantitative estimate of drug-likeness (QED) is 0.564. The minimum Gasteiger partial charge on any atom is -0.391 e. The molecule has 0 spiro atoms. The van der Waals surface area contributed by atoms with Crippen LogP contribution in [0.5, 0.6) is 0 Å².